The van der Waals surface area contributed by atoms with Crippen LogP contribution in [0.15, 0.2) is 29.3 Å². The Bertz CT molecular complexity index is 365. The summed E-state index contributed by atoms with van der Waals surface area (Å²) >= 11 is 0. The molecule has 1 aromatic carbocycles. The number of aliphatic imine (C=N–C) groups is 1. The lowest BCUT2D eigenvalue weighted by atomic mass is 9.70. The molecule has 2 rings (SSSR count). The van der Waals surface area contributed by atoms with Crippen molar-refractivity contribution >= 4 is 11.9 Å². The number of hydrogen-bond acceptors (Lipinski definition) is 2. The minimum Gasteiger partial charge on any atom is -0.398 e. The normalized spacial score (nSPS) is 19.0. The molecule has 0 heterocycles. The molecule has 2 heteroatoms. The van der Waals surface area contributed by atoms with E-state index in [1.54, 1.807) is 0 Å². The minimum atomic E-state index is 0.458. The fourth-order valence-electron chi connectivity index (χ4n) is 1.93. The van der Waals surface area contributed by atoms with Gasteiger partial charge in [-0.2, -0.15) is 0 Å². The molecule has 2 N–H and O–H groups in total. The third kappa shape index (κ3) is 2.38. The Morgan fingerprint density at radius 1 is 1.40 bits per heavy atom. The Morgan fingerprint density at radius 3 is 2.73 bits per heavy atom. The zero-order chi connectivity index (χ0) is 10.7. The molecule has 0 saturated heterocycles. The van der Waals surface area contributed by atoms with Crippen LogP contribution in [0.25, 0.3) is 0 Å². The van der Waals surface area contributed by atoms with Gasteiger partial charge in [-0.15, -0.1) is 0 Å². The zero-order valence-electron chi connectivity index (χ0n) is 9.24. The van der Waals surface area contributed by atoms with Gasteiger partial charge < -0.3 is 5.73 Å². The first-order chi connectivity index (χ1) is 7.20. The SMILES string of the molecule is CC1(CN=Cc2ccccc2N)CCC1. The van der Waals surface area contributed by atoms with E-state index in [0.29, 0.717) is 5.41 Å². The molecule has 0 unspecified atom stereocenters. The predicted molar refractivity (Wildman–Crippen MR) is 65.3 cm³/mol. The fourth-order valence-corrected chi connectivity index (χ4v) is 1.93. The molecule has 1 fully saturated rings. The molecule has 1 aliphatic carbocycles. The van der Waals surface area contributed by atoms with Crippen LogP contribution in [-0.4, -0.2) is 12.8 Å². The summed E-state index contributed by atoms with van der Waals surface area (Å²) in [5.41, 5.74) is 8.12. The van der Waals surface area contributed by atoms with Crippen molar-refractivity contribution in [2.45, 2.75) is 26.2 Å². The molecule has 0 spiro atoms. The average molecular weight is 202 g/mol. The summed E-state index contributed by atoms with van der Waals surface area (Å²) in [4.78, 5) is 4.49. The number of nitrogens with two attached hydrogens (primary N) is 1. The van der Waals surface area contributed by atoms with Crippen molar-refractivity contribution < 1.29 is 0 Å². The van der Waals surface area contributed by atoms with Crippen molar-refractivity contribution in [3.8, 4) is 0 Å². The Hall–Kier alpha value is -1.31. The molecule has 0 aromatic heterocycles. The molecule has 80 valence electrons. The van der Waals surface area contributed by atoms with E-state index in [-0.39, 0.29) is 0 Å². The van der Waals surface area contributed by atoms with E-state index in [1.165, 1.54) is 19.3 Å². The van der Waals surface area contributed by atoms with Crippen LogP contribution in [0.3, 0.4) is 0 Å². The molecular weight excluding hydrogens is 184 g/mol. The average Bonchev–Trinajstić information content (AvgIpc) is 2.18. The fraction of sp³-hybridized carbons (Fsp3) is 0.462. The quantitative estimate of drug-likeness (QED) is 0.594. The van der Waals surface area contributed by atoms with Crippen molar-refractivity contribution in [1.82, 2.24) is 0 Å². The predicted octanol–water partition coefficient (Wildman–Crippen LogP) is 2.88. The van der Waals surface area contributed by atoms with Crippen LogP contribution < -0.4 is 5.73 Å². The highest BCUT2D eigenvalue weighted by molar-refractivity contribution is 5.86. The Kier molecular flexibility index (Phi) is 2.76. The highest BCUT2D eigenvalue weighted by atomic mass is 14.7. The van der Waals surface area contributed by atoms with Crippen molar-refractivity contribution in [2.24, 2.45) is 10.4 Å². The Balaban J connectivity index is 1.96. The molecule has 0 bridgehead atoms. The van der Waals surface area contributed by atoms with E-state index in [4.69, 9.17) is 5.73 Å². The summed E-state index contributed by atoms with van der Waals surface area (Å²) in [6, 6.07) is 7.84. The van der Waals surface area contributed by atoms with E-state index in [1.807, 2.05) is 30.5 Å². The van der Waals surface area contributed by atoms with Gasteiger partial charge in [0.1, 0.15) is 0 Å². The molecule has 1 aromatic rings. The second-order valence-electron chi connectivity index (χ2n) is 4.76. The van der Waals surface area contributed by atoms with Crippen molar-refractivity contribution in [3.05, 3.63) is 29.8 Å². The third-order valence-corrected chi connectivity index (χ3v) is 3.26. The van der Waals surface area contributed by atoms with Crippen LogP contribution in [0.2, 0.25) is 0 Å². The van der Waals surface area contributed by atoms with E-state index >= 15 is 0 Å². The molecule has 0 amide bonds. The van der Waals surface area contributed by atoms with Crippen LogP contribution >= 0.6 is 0 Å². The lowest BCUT2D eigenvalue weighted by Crippen LogP contribution is -2.28. The van der Waals surface area contributed by atoms with Crippen molar-refractivity contribution in [3.63, 3.8) is 0 Å². The molecular formula is C13H18N2. The lowest BCUT2D eigenvalue weighted by Gasteiger charge is -2.36. The smallest absolute Gasteiger partial charge is 0.0443 e. The maximum absolute atomic E-state index is 5.83. The van der Waals surface area contributed by atoms with Gasteiger partial charge in [0.2, 0.25) is 0 Å². The van der Waals surface area contributed by atoms with Gasteiger partial charge in [0.25, 0.3) is 0 Å². The van der Waals surface area contributed by atoms with Crippen LogP contribution in [0, 0.1) is 5.41 Å². The number of anilines is 1. The van der Waals surface area contributed by atoms with Gasteiger partial charge in [-0.1, -0.05) is 31.5 Å². The number of nitrogen functional groups attached to an aromatic ring is 1. The molecule has 2 nitrogen and oxygen atoms in total. The van der Waals surface area contributed by atoms with E-state index in [9.17, 15) is 0 Å². The number of para-hydroxylation sites is 1. The monoisotopic (exact) mass is 202 g/mol. The van der Waals surface area contributed by atoms with Gasteiger partial charge in [0.05, 0.1) is 0 Å². The van der Waals surface area contributed by atoms with Gasteiger partial charge >= 0.3 is 0 Å². The molecule has 1 saturated carbocycles. The van der Waals surface area contributed by atoms with Gasteiger partial charge in [0, 0.05) is 24.0 Å². The number of benzene rings is 1. The number of nitrogens with zero attached hydrogens (tertiary/aromatic N) is 1. The van der Waals surface area contributed by atoms with Crippen LogP contribution in [0.4, 0.5) is 5.69 Å². The first kappa shape index (κ1) is 10.2. The first-order valence-corrected chi connectivity index (χ1v) is 5.54. The van der Waals surface area contributed by atoms with Gasteiger partial charge in [-0.05, 0) is 24.3 Å². The van der Waals surface area contributed by atoms with Gasteiger partial charge in [-0.25, -0.2) is 0 Å². The van der Waals surface area contributed by atoms with E-state index in [0.717, 1.165) is 17.8 Å². The van der Waals surface area contributed by atoms with Gasteiger partial charge in [-0.3, -0.25) is 4.99 Å². The highest BCUT2D eigenvalue weighted by Crippen LogP contribution is 2.40. The van der Waals surface area contributed by atoms with Gasteiger partial charge in [0.15, 0.2) is 0 Å². The van der Waals surface area contributed by atoms with E-state index in [2.05, 4.69) is 11.9 Å². The van der Waals surface area contributed by atoms with Crippen LogP contribution in [0.1, 0.15) is 31.7 Å². The molecule has 0 radical (unpaired) electrons. The topological polar surface area (TPSA) is 38.4 Å². The molecule has 1 aliphatic rings. The summed E-state index contributed by atoms with van der Waals surface area (Å²) < 4.78 is 0. The van der Waals surface area contributed by atoms with Crippen molar-refractivity contribution in [2.75, 3.05) is 12.3 Å². The third-order valence-electron chi connectivity index (χ3n) is 3.26. The zero-order valence-corrected chi connectivity index (χ0v) is 9.24. The largest absolute Gasteiger partial charge is 0.398 e. The Labute approximate surface area is 91.2 Å². The number of hydrogen-bond donors (Lipinski definition) is 1. The second kappa shape index (κ2) is 4.05. The standard InChI is InChI=1S/C13H18N2/c1-13(7-4-8-13)10-15-9-11-5-2-3-6-12(11)14/h2-3,5-6,9H,4,7-8,10,14H2,1H3. The maximum Gasteiger partial charge on any atom is 0.0443 e. The van der Waals surface area contributed by atoms with Crippen molar-refractivity contribution in [1.29, 1.82) is 0 Å². The molecule has 15 heavy (non-hydrogen) atoms. The molecule has 0 atom stereocenters. The highest BCUT2D eigenvalue weighted by Gasteiger charge is 2.30. The summed E-state index contributed by atoms with van der Waals surface area (Å²) in [5, 5.41) is 0. The van der Waals surface area contributed by atoms with E-state index < -0.39 is 0 Å². The number of rotatable bonds is 3. The van der Waals surface area contributed by atoms with Crippen LogP contribution in [-0.2, 0) is 0 Å². The lowest BCUT2D eigenvalue weighted by molar-refractivity contribution is 0.174. The summed E-state index contributed by atoms with van der Waals surface area (Å²) in [5.74, 6) is 0. The summed E-state index contributed by atoms with van der Waals surface area (Å²) in [6.07, 6.45) is 5.89. The minimum absolute atomic E-state index is 0.458. The summed E-state index contributed by atoms with van der Waals surface area (Å²) in [7, 11) is 0. The molecule has 0 aliphatic heterocycles. The second-order valence-corrected chi connectivity index (χ2v) is 4.76. The first-order valence-electron chi connectivity index (χ1n) is 5.54. The maximum atomic E-state index is 5.83. The Morgan fingerprint density at radius 2 is 2.13 bits per heavy atom. The summed E-state index contributed by atoms with van der Waals surface area (Å²) in [6.45, 7) is 3.24. The van der Waals surface area contributed by atoms with Crippen LogP contribution in [0.5, 0.6) is 0 Å².